The van der Waals surface area contributed by atoms with Crippen molar-refractivity contribution in [3.8, 4) is 0 Å². The lowest BCUT2D eigenvalue weighted by atomic mass is 9.89. The van der Waals surface area contributed by atoms with Crippen LogP contribution in [0.5, 0.6) is 0 Å². The fourth-order valence-electron chi connectivity index (χ4n) is 2.50. The summed E-state index contributed by atoms with van der Waals surface area (Å²) >= 11 is 0. The number of hydrogen-bond donors (Lipinski definition) is 1. The number of nitrogens with one attached hydrogen (secondary N) is 1. The van der Waals surface area contributed by atoms with E-state index in [0.717, 1.165) is 5.92 Å². The van der Waals surface area contributed by atoms with E-state index in [-0.39, 0.29) is 0 Å². The van der Waals surface area contributed by atoms with Gasteiger partial charge in [-0.05, 0) is 56.1 Å². The van der Waals surface area contributed by atoms with Gasteiger partial charge in [0, 0.05) is 12.7 Å². The van der Waals surface area contributed by atoms with E-state index in [1.54, 1.807) is 0 Å². The third-order valence-corrected chi connectivity index (χ3v) is 3.71. The highest BCUT2D eigenvalue weighted by Crippen LogP contribution is 2.28. The molecule has 1 aliphatic rings. The first-order chi connectivity index (χ1) is 7.83. The van der Waals surface area contributed by atoms with E-state index in [1.165, 1.54) is 43.7 Å². The molecular formula is C14H22N2. The summed E-state index contributed by atoms with van der Waals surface area (Å²) < 4.78 is 0. The van der Waals surface area contributed by atoms with Gasteiger partial charge in [0.1, 0.15) is 0 Å². The van der Waals surface area contributed by atoms with Crippen LogP contribution in [0.4, 0.5) is 5.69 Å². The van der Waals surface area contributed by atoms with Crippen LogP contribution in [0.1, 0.15) is 31.2 Å². The maximum absolute atomic E-state index is 3.17. The molecule has 0 atom stereocenters. The summed E-state index contributed by atoms with van der Waals surface area (Å²) in [5.41, 5.74) is 2.71. The van der Waals surface area contributed by atoms with Gasteiger partial charge >= 0.3 is 0 Å². The van der Waals surface area contributed by atoms with Crippen LogP contribution in [0.2, 0.25) is 0 Å². The Morgan fingerprint density at radius 3 is 2.31 bits per heavy atom. The van der Waals surface area contributed by atoms with Crippen LogP contribution < -0.4 is 5.32 Å². The molecule has 1 aliphatic heterocycles. The van der Waals surface area contributed by atoms with E-state index in [2.05, 4.69) is 41.4 Å². The first kappa shape index (κ1) is 11.5. The molecule has 88 valence electrons. The molecule has 1 aromatic rings. The molecule has 0 aliphatic carbocycles. The topological polar surface area (TPSA) is 15.3 Å². The lowest BCUT2D eigenvalue weighted by molar-refractivity contribution is 0.222. The van der Waals surface area contributed by atoms with Gasteiger partial charge in [-0.15, -0.1) is 0 Å². The van der Waals surface area contributed by atoms with Gasteiger partial charge in [0.2, 0.25) is 0 Å². The van der Waals surface area contributed by atoms with Crippen molar-refractivity contribution in [1.29, 1.82) is 0 Å². The summed E-state index contributed by atoms with van der Waals surface area (Å²) in [6, 6.07) is 8.92. The Kier molecular flexibility index (Phi) is 3.83. The fourth-order valence-corrected chi connectivity index (χ4v) is 2.50. The number of benzene rings is 1. The minimum atomic E-state index is 0.772. The minimum absolute atomic E-state index is 0.772. The van der Waals surface area contributed by atoms with Gasteiger partial charge < -0.3 is 10.2 Å². The van der Waals surface area contributed by atoms with Crippen molar-refractivity contribution in [2.24, 2.45) is 0 Å². The summed E-state index contributed by atoms with van der Waals surface area (Å²) in [6.07, 6.45) is 2.62. The maximum atomic E-state index is 3.17. The van der Waals surface area contributed by atoms with Crippen molar-refractivity contribution in [3.63, 3.8) is 0 Å². The normalized spacial score (nSPS) is 18.6. The van der Waals surface area contributed by atoms with E-state index >= 15 is 0 Å². The Balaban J connectivity index is 1.97. The maximum Gasteiger partial charge on any atom is 0.0337 e. The van der Waals surface area contributed by atoms with Crippen LogP contribution in [0, 0.1) is 0 Å². The summed E-state index contributed by atoms with van der Waals surface area (Å²) in [5, 5.41) is 3.17. The smallest absolute Gasteiger partial charge is 0.0337 e. The van der Waals surface area contributed by atoms with Crippen molar-refractivity contribution < 1.29 is 0 Å². The molecule has 0 unspecified atom stereocenters. The number of hydrogen-bond acceptors (Lipinski definition) is 2. The molecule has 16 heavy (non-hydrogen) atoms. The van der Waals surface area contributed by atoms with Crippen LogP contribution in [0.3, 0.4) is 0 Å². The molecule has 0 amide bonds. The molecule has 1 heterocycles. The Bertz CT molecular complexity index is 310. The summed E-state index contributed by atoms with van der Waals surface area (Å²) in [6.45, 7) is 5.97. The van der Waals surface area contributed by atoms with E-state index < -0.39 is 0 Å². The van der Waals surface area contributed by atoms with Gasteiger partial charge in [0.05, 0.1) is 0 Å². The van der Waals surface area contributed by atoms with Gasteiger partial charge in [-0.3, -0.25) is 0 Å². The fraction of sp³-hybridized carbons (Fsp3) is 0.571. The van der Waals surface area contributed by atoms with Gasteiger partial charge in [-0.25, -0.2) is 0 Å². The molecule has 0 spiro atoms. The largest absolute Gasteiger partial charge is 0.388 e. The monoisotopic (exact) mass is 218 g/mol. The Hall–Kier alpha value is -1.02. The number of likely N-dealkylation sites (tertiary alicyclic amines) is 1. The second kappa shape index (κ2) is 5.35. The molecular weight excluding hydrogens is 196 g/mol. The van der Waals surface area contributed by atoms with E-state index in [0.29, 0.717) is 0 Å². The van der Waals surface area contributed by atoms with Crippen LogP contribution >= 0.6 is 0 Å². The highest BCUT2D eigenvalue weighted by molar-refractivity contribution is 5.44. The lowest BCUT2D eigenvalue weighted by Crippen LogP contribution is -2.32. The van der Waals surface area contributed by atoms with Crippen molar-refractivity contribution >= 4 is 5.69 Å². The quantitative estimate of drug-likeness (QED) is 0.839. The average Bonchev–Trinajstić information content (AvgIpc) is 2.39. The Morgan fingerprint density at radius 2 is 1.81 bits per heavy atom. The molecule has 1 N–H and O–H groups in total. The third kappa shape index (κ3) is 2.56. The van der Waals surface area contributed by atoms with E-state index in [1.807, 2.05) is 7.05 Å². The molecule has 2 heteroatoms. The Labute approximate surface area is 98.7 Å². The van der Waals surface area contributed by atoms with Crippen molar-refractivity contribution in [3.05, 3.63) is 29.8 Å². The summed E-state index contributed by atoms with van der Waals surface area (Å²) in [7, 11) is 1.97. The first-order valence-electron chi connectivity index (χ1n) is 6.33. The average molecular weight is 218 g/mol. The molecule has 1 fully saturated rings. The van der Waals surface area contributed by atoms with E-state index in [4.69, 9.17) is 0 Å². The molecule has 0 aromatic heterocycles. The second-order valence-electron chi connectivity index (χ2n) is 4.58. The number of rotatable bonds is 3. The van der Waals surface area contributed by atoms with Gasteiger partial charge in [0.25, 0.3) is 0 Å². The zero-order valence-corrected chi connectivity index (χ0v) is 10.4. The van der Waals surface area contributed by atoms with Gasteiger partial charge in [-0.2, -0.15) is 0 Å². The minimum Gasteiger partial charge on any atom is -0.388 e. The van der Waals surface area contributed by atoms with Gasteiger partial charge in [-0.1, -0.05) is 19.1 Å². The summed E-state index contributed by atoms with van der Waals surface area (Å²) in [5.74, 6) is 0.772. The van der Waals surface area contributed by atoms with Crippen LogP contribution in [-0.2, 0) is 0 Å². The molecule has 1 saturated heterocycles. The van der Waals surface area contributed by atoms with Crippen LogP contribution in [0.25, 0.3) is 0 Å². The first-order valence-corrected chi connectivity index (χ1v) is 6.33. The zero-order chi connectivity index (χ0) is 11.4. The standard InChI is InChI=1S/C14H22N2/c1-3-16-10-8-13(9-11-16)12-4-6-14(15-2)7-5-12/h4-7,13,15H,3,8-11H2,1-2H3. The van der Waals surface area contributed by atoms with Crippen LogP contribution in [-0.4, -0.2) is 31.6 Å². The van der Waals surface area contributed by atoms with Crippen molar-refractivity contribution in [2.75, 3.05) is 32.0 Å². The van der Waals surface area contributed by atoms with E-state index in [9.17, 15) is 0 Å². The highest BCUT2D eigenvalue weighted by Gasteiger charge is 2.19. The Morgan fingerprint density at radius 1 is 1.19 bits per heavy atom. The van der Waals surface area contributed by atoms with Gasteiger partial charge in [0.15, 0.2) is 0 Å². The number of anilines is 1. The third-order valence-electron chi connectivity index (χ3n) is 3.71. The molecule has 0 saturated carbocycles. The highest BCUT2D eigenvalue weighted by atomic mass is 15.1. The van der Waals surface area contributed by atoms with Crippen molar-refractivity contribution in [2.45, 2.75) is 25.7 Å². The lowest BCUT2D eigenvalue weighted by Gasteiger charge is -2.31. The SMILES string of the molecule is CCN1CCC(c2ccc(NC)cc2)CC1. The number of piperidine rings is 1. The number of nitrogens with zero attached hydrogens (tertiary/aromatic N) is 1. The van der Waals surface area contributed by atoms with Crippen molar-refractivity contribution in [1.82, 2.24) is 4.90 Å². The molecule has 2 rings (SSSR count). The predicted octanol–water partition coefficient (Wildman–Crippen LogP) is 2.93. The zero-order valence-electron chi connectivity index (χ0n) is 10.4. The molecule has 0 radical (unpaired) electrons. The second-order valence-corrected chi connectivity index (χ2v) is 4.58. The van der Waals surface area contributed by atoms with Crippen LogP contribution in [0.15, 0.2) is 24.3 Å². The summed E-state index contributed by atoms with van der Waals surface area (Å²) in [4.78, 5) is 2.54. The molecule has 0 bridgehead atoms. The molecule has 2 nitrogen and oxygen atoms in total. The molecule has 1 aromatic carbocycles. The predicted molar refractivity (Wildman–Crippen MR) is 70.1 cm³/mol.